The Morgan fingerprint density at radius 1 is 1.28 bits per heavy atom. The zero-order chi connectivity index (χ0) is 21.8. The number of benzene rings is 1. The molecular formula is C21H31NO7. The Labute approximate surface area is 171 Å². The van der Waals surface area contributed by atoms with Crippen LogP contribution in [0.3, 0.4) is 0 Å². The van der Waals surface area contributed by atoms with Gasteiger partial charge in [-0.25, -0.2) is 9.59 Å². The minimum absolute atomic E-state index is 0.282. The van der Waals surface area contributed by atoms with Crippen LogP contribution in [0.1, 0.15) is 32.3 Å². The number of β-amino-alcohol motifs (C(OH)–C–C–N with tert-alkyl or cyclic N) is 1. The smallest absolute Gasteiger partial charge is 0.414 e. The quantitative estimate of drug-likeness (QED) is 0.588. The summed E-state index contributed by atoms with van der Waals surface area (Å²) in [5, 5.41) is 25.0. The van der Waals surface area contributed by atoms with Gasteiger partial charge in [-0.2, -0.15) is 0 Å². The van der Waals surface area contributed by atoms with Gasteiger partial charge in [0.05, 0.1) is 7.11 Å². The molecule has 1 aliphatic heterocycles. The molecule has 0 amide bonds. The second-order valence-corrected chi connectivity index (χ2v) is 6.99. The first kappa shape index (κ1) is 24.5. The van der Waals surface area contributed by atoms with Gasteiger partial charge >= 0.3 is 11.9 Å². The number of allylic oxidation sites excluding steroid dienone is 1. The monoisotopic (exact) mass is 409 g/mol. The van der Waals surface area contributed by atoms with E-state index < -0.39 is 18.0 Å². The molecule has 0 bridgehead atoms. The topological polar surface area (TPSA) is 117 Å². The van der Waals surface area contributed by atoms with Crippen LogP contribution in [0.25, 0.3) is 6.08 Å². The molecule has 2 rings (SSSR count). The number of hydrogen-bond donors (Lipinski definition) is 3. The predicted octanol–water partition coefficient (Wildman–Crippen LogP) is 2.36. The number of aliphatic carboxylic acids is 2. The summed E-state index contributed by atoms with van der Waals surface area (Å²) in [4.78, 5) is 20.5. The molecule has 1 aliphatic rings. The lowest BCUT2D eigenvalue weighted by molar-refractivity contribution is -0.159. The number of nitrogens with zero attached hydrogens (tertiary/aromatic N) is 1. The zero-order valence-electron chi connectivity index (χ0n) is 17.2. The number of ether oxygens (including phenoxy) is 2. The fourth-order valence-corrected chi connectivity index (χ4v) is 3.09. The van der Waals surface area contributed by atoms with E-state index in [2.05, 4.69) is 11.8 Å². The Hall–Kier alpha value is -2.58. The van der Waals surface area contributed by atoms with Crippen LogP contribution in [0.4, 0.5) is 0 Å². The highest BCUT2D eigenvalue weighted by atomic mass is 16.5. The summed E-state index contributed by atoms with van der Waals surface area (Å²) in [5.74, 6) is -1.56. The normalized spacial score (nSPS) is 17.9. The number of carboxylic acid groups (broad SMARTS) is 2. The first-order valence-electron chi connectivity index (χ1n) is 9.57. The van der Waals surface area contributed by atoms with Crippen LogP contribution < -0.4 is 9.47 Å². The highest BCUT2D eigenvalue weighted by Gasteiger charge is 2.19. The average Bonchev–Trinajstić information content (AvgIpc) is 2.67. The molecule has 1 heterocycles. The van der Waals surface area contributed by atoms with E-state index in [4.69, 9.17) is 29.3 Å². The van der Waals surface area contributed by atoms with Crippen molar-refractivity contribution in [1.82, 2.24) is 4.90 Å². The average molecular weight is 409 g/mol. The number of methoxy groups -OCH3 is 1. The maximum absolute atomic E-state index is 10.2. The molecule has 2 atom stereocenters. The highest BCUT2D eigenvalue weighted by Crippen LogP contribution is 2.28. The van der Waals surface area contributed by atoms with Gasteiger partial charge in [0.2, 0.25) is 0 Å². The van der Waals surface area contributed by atoms with Crippen LogP contribution in [0, 0.1) is 5.92 Å². The molecule has 0 aromatic heterocycles. The van der Waals surface area contributed by atoms with Crippen LogP contribution in [0.15, 0.2) is 24.3 Å². The molecule has 162 valence electrons. The molecule has 1 saturated heterocycles. The number of likely N-dealkylation sites (tertiary alicyclic amines) is 1. The maximum Gasteiger partial charge on any atom is 0.414 e. The van der Waals surface area contributed by atoms with E-state index in [9.17, 15) is 5.11 Å². The summed E-state index contributed by atoms with van der Waals surface area (Å²) < 4.78 is 11.1. The standard InChI is InChI=1S/C19H29NO3.C2H2O4/c1-4-6-16-8-9-18(19(11-16)22-3)23-14-17(21)13-20-10-5-7-15(2)12-20;3-1(4)2(5)6/h4,6,8-9,11,15,17,21H,5,7,10,12-14H2,1-3H3;(H,3,4)(H,5,6)/b6-4+;. The van der Waals surface area contributed by atoms with Crippen molar-refractivity contribution in [3.8, 4) is 11.5 Å². The first-order valence-corrected chi connectivity index (χ1v) is 9.57. The van der Waals surface area contributed by atoms with E-state index in [0.717, 1.165) is 24.6 Å². The summed E-state index contributed by atoms with van der Waals surface area (Å²) in [5.41, 5.74) is 1.07. The molecule has 1 aromatic rings. The summed E-state index contributed by atoms with van der Waals surface area (Å²) in [7, 11) is 1.63. The largest absolute Gasteiger partial charge is 0.493 e. The molecule has 2 unspecified atom stereocenters. The molecule has 3 N–H and O–H groups in total. The molecule has 0 aliphatic carbocycles. The van der Waals surface area contributed by atoms with Gasteiger partial charge < -0.3 is 29.7 Å². The van der Waals surface area contributed by atoms with E-state index in [1.807, 2.05) is 37.3 Å². The summed E-state index contributed by atoms with van der Waals surface area (Å²) in [6.45, 7) is 7.34. The molecule has 29 heavy (non-hydrogen) atoms. The third-order valence-electron chi connectivity index (χ3n) is 4.37. The third-order valence-corrected chi connectivity index (χ3v) is 4.37. The van der Waals surface area contributed by atoms with E-state index in [-0.39, 0.29) is 6.61 Å². The minimum Gasteiger partial charge on any atom is -0.493 e. The Balaban J connectivity index is 0.000000612. The Morgan fingerprint density at radius 3 is 2.52 bits per heavy atom. The van der Waals surface area contributed by atoms with Gasteiger partial charge in [0, 0.05) is 13.1 Å². The van der Waals surface area contributed by atoms with Crippen LogP contribution in [-0.2, 0) is 9.59 Å². The minimum atomic E-state index is -1.82. The van der Waals surface area contributed by atoms with Crippen molar-refractivity contribution in [2.75, 3.05) is 33.4 Å². The number of hydrogen-bond acceptors (Lipinski definition) is 6. The summed E-state index contributed by atoms with van der Waals surface area (Å²) >= 11 is 0. The highest BCUT2D eigenvalue weighted by molar-refractivity contribution is 6.27. The van der Waals surface area contributed by atoms with Crippen molar-refractivity contribution in [3.05, 3.63) is 29.8 Å². The summed E-state index contributed by atoms with van der Waals surface area (Å²) in [6.07, 6.45) is 6.02. The van der Waals surface area contributed by atoms with Gasteiger partial charge in [0.25, 0.3) is 0 Å². The van der Waals surface area contributed by atoms with Crippen molar-refractivity contribution in [2.45, 2.75) is 32.8 Å². The zero-order valence-corrected chi connectivity index (χ0v) is 17.2. The number of aliphatic hydroxyl groups is 1. The molecule has 8 nitrogen and oxygen atoms in total. The van der Waals surface area contributed by atoms with Gasteiger partial charge in [-0.15, -0.1) is 0 Å². The number of carbonyl (C=O) groups is 2. The van der Waals surface area contributed by atoms with E-state index in [0.29, 0.717) is 18.0 Å². The van der Waals surface area contributed by atoms with Crippen LogP contribution in [-0.4, -0.2) is 71.6 Å². The lowest BCUT2D eigenvalue weighted by atomic mass is 10.0. The van der Waals surface area contributed by atoms with E-state index in [1.54, 1.807) is 7.11 Å². The molecule has 8 heteroatoms. The van der Waals surface area contributed by atoms with Gasteiger partial charge in [-0.1, -0.05) is 25.1 Å². The van der Waals surface area contributed by atoms with E-state index >= 15 is 0 Å². The molecule has 0 radical (unpaired) electrons. The lowest BCUT2D eigenvalue weighted by Crippen LogP contribution is -2.41. The van der Waals surface area contributed by atoms with Gasteiger partial charge in [0.1, 0.15) is 12.7 Å². The second-order valence-electron chi connectivity index (χ2n) is 6.99. The van der Waals surface area contributed by atoms with Gasteiger partial charge in [-0.3, -0.25) is 0 Å². The number of carboxylic acids is 2. The van der Waals surface area contributed by atoms with Gasteiger partial charge in [0.15, 0.2) is 11.5 Å². The molecule has 0 saturated carbocycles. The molecule has 0 spiro atoms. The van der Waals surface area contributed by atoms with Crippen LogP contribution in [0.5, 0.6) is 11.5 Å². The molecular weight excluding hydrogens is 378 g/mol. The summed E-state index contributed by atoms with van der Waals surface area (Å²) in [6, 6.07) is 5.81. The molecule has 1 aromatic carbocycles. The SMILES string of the molecule is C/C=C/c1ccc(OCC(O)CN2CCCC(C)C2)c(OC)c1.O=C(O)C(=O)O. The fourth-order valence-electron chi connectivity index (χ4n) is 3.09. The van der Waals surface area contributed by atoms with Crippen LogP contribution in [0.2, 0.25) is 0 Å². The van der Waals surface area contributed by atoms with E-state index in [1.165, 1.54) is 12.8 Å². The number of rotatable bonds is 7. The first-order chi connectivity index (χ1) is 13.8. The molecule has 1 fully saturated rings. The van der Waals surface area contributed by atoms with Crippen molar-refractivity contribution in [1.29, 1.82) is 0 Å². The number of aliphatic hydroxyl groups excluding tert-OH is 1. The fraction of sp³-hybridized carbons (Fsp3) is 0.524. The van der Waals surface area contributed by atoms with Crippen molar-refractivity contribution in [3.63, 3.8) is 0 Å². The Morgan fingerprint density at radius 2 is 1.97 bits per heavy atom. The predicted molar refractivity (Wildman–Crippen MR) is 109 cm³/mol. The van der Waals surface area contributed by atoms with Crippen molar-refractivity contribution in [2.24, 2.45) is 5.92 Å². The third kappa shape index (κ3) is 9.45. The second kappa shape index (κ2) is 12.8. The van der Waals surface area contributed by atoms with Crippen molar-refractivity contribution < 1.29 is 34.4 Å². The number of piperidine rings is 1. The van der Waals surface area contributed by atoms with Crippen molar-refractivity contribution >= 4 is 18.0 Å². The maximum atomic E-state index is 10.2. The lowest BCUT2D eigenvalue weighted by Gasteiger charge is -2.32. The van der Waals surface area contributed by atoms with Gasteiger partial charge in [-0.05, 0) is 49.9 Å². The Bertz CT molecular complexity index is 678. The Kier molecular flexibility index (Phi) is 10.8. The van der Waals surface area contributed by atoms with Crippen LogP contribution >= 0.6 is 0 Å².